The van der Waals surface area contributed by atoms with Gasteiger partial charge in [0.15, 0.2) is 17.9 Å². The maximum Gasteiger partial charge on any atom is 0.352 e. The van der Waals surface area contributed by atoms with E-state index in [9.17, 15) is 14.0 Å². The number of hydrogen-bond donors (Lipinski definition) is 0. The van der Waals surface area contributed by atoms with Gasteiger partial charge in [-0.05, 0) is 6.08 Å². The van der Waals surface area contributed by atoms with Gasteiger partial charge in [0.2, 0.25) is 0 Å². The highest BCUT2D eigenvalue weighted by molar-refractivity contribution is 5.65. The lowest BCUT2D eigenvalue weighted by Crippen LogP contribution is -2.30. The monoisotopic (exact) mass is 321 g/mol. The molecule has 0 saturated heterocycles. The van der Waals surface area contributed by atoms with Gasteiger partial charge in [0.1, 0.15) is 25.4 Å². The molecule has 120 valence electrons. The molecular formula is C13H12FN5O4. The van der Waals surface area contributed by atoms with E-state index in [0.29, 0.717) is 0 Å². The molecule has 0 saturated carbocycles. The van der Waals surface area contributed by atoms with Gasteiger partial charge in [-0.2, -0.15) is 14.8 Å². The zero-order valence-electron chi connectivity index (χ0n) is 12.0. The largest absolute Gasteiger partial charge is 0.463 e. The van der Waals surface area contributed by atoms with E-state index in [1.165, 1.54) is 19.6 Å². The predicted molar refractivity (Wildman–Crippen MR) is 73.1 cm³/mol. The summed E-state index contributed by atoms with van der Waals surface area (Å²) in [5.74, 6) is -1.44. The molecule has 0 N–H and O–H groups in total. The first-order chi connectivity index (χ1) is 11.0. The molecule has 1 aliphatic heterocycles. The minimum Gasteiger partial charge on any atom is -0.463 e. The van der Waals surface area contributed by atoms with Crippen molar-refractivity contribution >= 4 is 5.97 Å². The highest BCUT2D eigenvalue weighted by Crippen LogP contribution is 2.20. The number of aromatic nitrogens is 5. The molecule has 0 fully saturated rings. The molecule has 3 rings (SSSR count). The second-order valence-corrected chi connectivity index (χ2v) is 4.69. The first-order valence-corrected chi connectivity index (χ1v) is 6.65. The molecule has 9 nitrogen and oxygen atoms in total. The van der Waals surface area contributed by atoms with Crippen molar-refractivity contribution in [3.8, 4) is 5.82 Å². The zero-order valence-corrected chi connectivity index (χ0v) is 12.0. The number of rotatable bonds is 4. The fourth-order valence-corrected chi connectivity index (χ4v) is 2.04. The van der Waals surface area contributed by atoms with Crippen molar-refractivity contribution in [2.45, 2.75) is 19.3 Å². The minimum atomic E-state index is -0.824. The van der Waals surface area contributed by atoms with Gasteiger partial charge in [0.05, 0.1) is 6.20 Å². The van der Waals surface area contributed by atoms with Crippen LogP contribution in [0.2, 0.25) is 0 Å². The highest BCUT2D eigenvalue weighted by atomic mass is 19.1. The van der Waals surface area contributed by atoms with Crippen LogP contribution in [0.5, 0.6) is 0 Å². The molecule has 23 heavy (non-hydrogen) atoms. The zero-order chi connectivity index (χ0) is 16.4. The molecule has 3 heterocycles. The van der Waals surface area contributed by atoms with Crippen molar-refractivity contribution in [2.24, 2.45) is 0 Å². The van der Waals surface area contributed by atoms with E-state index >= 15 is 0 Å². The molecular weight excluding hydrogens is 309 g/mol. The number of halogens is 1. The van der Waals surface area contributed by atoms with E-state index in [1.807, 2.05) is 0 Å². The molecule has 2 aromatic heterocycles. The van der Waals surface area contributed by atoms with Crippen LogP contribution in [-0.4, -0.2) is 43.0 Å². The van der Waals surface area contributed by atoms with Gasteiger partial charge in [-0.3, -0.25) is 9.36 Å². The molecule has 0 aliphatic carbocycles. The third-order valence-corrected chi connectivity index (χ3v) is 3.05. The van der Waals surface area contributed by atoms with Crippen LogP contribution in [0.3, 0.4) is 0 Å². The second kappa shape index (κ2) is 6.08. The summed E-state index contributed by atoms with van der Waals surface area (Å²) in [5.41, 5.74) is -0.709. The van der Waals surface area contributed by atoms with Crippen molar-refractivity contribution in [1.29, 1.82) is 0 Å². The van der Waals surface area contributed by atoms with Crippen LogP contribution in [-0.2, 0) is 14.3 Å². The summed E-state index contributed by atoms with van der Waals surface area (Å²) in [6.07, 6.45) is 5.28. The molecule has 0 radical (unpaired) electrons. The average Bonchev–Trinajstić information content (AvgIpc) is 3.18. The van der Waals surface area contributed by atoms with Crippen LogP contribution in [0, 0.1) is 5.82 Å². The summed E-state index contributed by atoms with van der Waals surface area (Å²) in [6.45, 7) is 1.30. The van der Waals surface area contributed by atoms with Crippen molar-refractivity contribution in [1.82, 2.24) is 24.3 Å². The lowest BCUT2D eigenvalue weighted by atomic mass is 10.4. The summed E-state index contributed by atoms with van der Waals surface area (Å²) in [6, 6.07) is 0. The summed E-state index contributed by atoms with van der Waals surface area (Å²) in [4.78, 5) is 30.2. The standard InChI is InChI=1S/C13H12FN5O4/c1-8(20)22-5-9-2-3-11(23-9)18-4-10(14)12(17-13(18)21)19-7-15-6-16-19/h2-4,6-7,9,11H,5H2,1H3. The van der Waals surface area contributed by atoms with Crippen molar-refractivity contribution in [3.63, 3.8) is 0 Å². The molecule has 2 atom stereocenters. The fourth-order valence-electron chi connectivity index (χ4n) is 2.04. The lowest BCUT2D eigenvalue weighted by molar-refractivity contribution is -0.145. The molecule has 2 aromatic rings. The van der Waals surface area contributed by atoms with Crippen molar-refractivity contribution in [3.05, 3.63) is 47.3 Å². The third kappa shape index (κ3) is 3.16. The number of carbonyl (C=O) groups is 1. The molecule has 1 aliphatic rings. The smallest absolute Gasteiger partial charge is 0.352 e. The number of carbonyl (C=O) groups excluding carboxylic acids is 1. The Bertz CT molecular complexity index is 801. The summed E-state index contributed by atoms with van der Waals surface area (Å²) in [7, 11) is 0. The van der Waals surface area contributed by atoms with E-state index in [0.717, 1.165) is 15.4 Å². The Morgan fingerprint density at radius 3 is 3.00 bits per heavy atom. The summed E-state index contributed by atoms with van der Waals surface area (Å²) >= 11 is 0. The van der Waals surface area contributed by atoms with Gasteiger partial charge in [-0.15, -0.1) is 0 Å². The van der Waals surface area contributed by atoms with Crippen LogP contribution < -0.4 is 5.69 Å². The van der Waals surface area contributed by atoms with Crippen LogP contribution in [0.25, 0.3) is 5.82 Å². The maximum absolute atomic E-state index is 14.1. The van der Waals surface area contributed by atoms with E-state index in [2.05, 4.69) is 15.1 Å². The van der Waals surface area contributed by atoms with Gasteiger partial charge in [0, 0.05) is 6.92 Å². The van der Waals surface area contributed by atoms with Crippen LogP contribution >= 0.6 is 0 Å². The Morgan fingerprint density at radius 2 is 2.30 bits per heavy atom. The van der Waals surface area contributed by atoms with E-state index in [1.54, 1.807) is 12.2 Å². The third-order valence-electron chi connectivity index (χ3n) is 3.05. The van der Waals surface area contributed by atoms with Gasteiger partial charge < -0.3 is 9.47 Å². The quantitative estimate of drug-likeness (QED) is 0.576. The molecule has 2 unspecified atom stereocenters. The number of esters is 1. The molecule has 0 aromatic carbocycles. The number of nitrogens with zero attached hydrogens (tertiary/aromatic N) is 5. The lowest BCUT2D eigenvalue weighted by Gasteiger charge is -2.16. The van der Waals surface area contributed by atoms with Gasteiger partial charge >= 0.3 is 11.7 Å². The predicted octanol–water partition coefficient (Wildman–Crippen LogP) is -0.0202. The van der Waals surface area contributed by atoms with Crippen LogP contribution in [0.1, 0.15) is 13.2 Å². The van der Waals surface area contributed by atoms with Crippen LogP contribution in [0.15, 0.2) is 35.8 Å². The summed E-state index contributed by atoms with van der Waals surface area (Å²) < 4.78 is 26.5. The van der Waals surface area contributed by atoms with E-state index in [-0.39, 0.29) is 12.4 Å². The highest BCUT2D eigenvalue weighted by Gasteiger charge is 2.24. The molecule has 0 bridgehead atoms. The Labute approximate surface area is 129 Å². The molecule has 0 spiro atoms. The van der Waals surface area contributed by atoms with E-state index < -0.39 is 29.8 Å². The van der Waals surface area contributed by atoms with Crippen molar-refractivity contribution in [2.75, 3.05) is 6.61 Å². The van der Waals surface area contributed by atoms with E-state index in [4.69, 9.17) is 9.47 Å². The molecule has 0 amide bonds. The maximum atomic E-state index is 14.1. The Balaban J connectivity index is 1.80. The topological polar surface area (TPSA) is 101 Å². The van der Waals surface area contributed by atoms with Crippen LogP contribution in [0.4, 0.5) is 4.39 Å². The van der Waals surface area contributed by atoms with Crippen molar-refractivity contribution < 1.29 is 18.7 Å². The van der Waals surface area contributed by atoms with Gasteiger partial charge in [-0.25, -0.2) is 14.2 Å². The first kappa shape index (κ1) is 15.0. The second-order valence-electron chi connectivity index (χ2n) is 4.69. The number of hydrogen-bond acceptors (Lipinski definition) is 7. The normalized spacial score (nSPS) is 19.9. The fraction of sp³-hybridized carbons (Fsp3) is 0.308. The Kier molecular flexibility index (Phi) is 3.98. The average molecular weight is 321 g/mol. The first-order valence-electron chi connectivity index (χ1n) is 6.65. The van der Waals surface area contributed by atoms with Gasteiger partial charge in [0.25, 0.3) is 0 Å². The Hall–Kier alpha value is -2.88. The van der Waals surface area contributed by atoms with Gasteiger partial charge in [-0.1, -0.05) is 6.08 Å². The summed E-state index contributed by atoms with van der Waals surface area (Å²) in [5, 5.41) is 3.73. The minimum absolute atomic E-state index is 0.0179. The SMILES string of the molecule is CC(=O)OCC1C=CC(n2cc(F)c(-n3cncn3)nc2=O)O1. The Morgan fingerprint density at radius 1 is 1.48 bits per heavy atom. The molecule has 10 heteroatoms. The number of ether oxygens (including phenoxy) is 2.